The second-order valence-corrected chi connectivity index (χ2v) is 9.03. The maximum absolute atomic E-state index is 10.8. The minimum atomic E-state index is 0.133. The van der Waals surface area contributed by atoms with E-state index in [-0.39, 0.29) is 5.75 Å². The number of fused-ring (bicyclic) bond motifs is 2. The van der Waals surface area contributed by atoms with Crippen molar-refractivity contribution in [3.05, 3.63) is 101 Å². The lowest BCUT2D eigenvalue weighted by atomic mass is 9.89. The summed E-state index contributed by atoms with van der Waals surface area (Å²) in [6.07, 6.45) is 4.55. The van der Waals surface area contributed by atoms with Crippen LogP contribution < -0.4 is 0 Å². The number of aromatic nitrogens is 3. The van der Waals surface area contributed by atoms with E-state index < -0.39 is 0 Å². The Morgan fingerprint density at radius 2 is 1.66 bits per heavy atom. The maximum Gasteiger partial charge on any atom is 0.221 e. The topological polar surface area (TPSA) is 55.3 Å². The second-order valence-electron chi connectivity index (χ2n) is 9.03. The van der Waals surface area contributed by atoms with Gasteiger partial charge >= 0.3 is 0 Å². The molecule has 0 radical (unpaired) electrons. The Labute approximate surface area is 204 Å². The molecule has 6 rings (SSSR count). The fourth-order valence-electron chi connectivity index (χ4n) is 5.19. The Hall–Kier alpha value is -4.43. The lowest BCUT2D eigenvalue weighted by Crippen LogP contribution is -2.03. The Balaban J connectivity index is 1.73. The molecule has 0 unspecified atom stereocenters. The third-order valence-electron chi connectivity index (χ3n) is 6.87. The van der Waals surface area contributed by atoms with Crippen molar-refractivity contribution in [2.75, 3.05) is 0 Å². The van der Waals surface area contributed by atoms with Crippen molar-refractivity contribution in [1.29, 1.82) is 0 Å². The van der Waals surface area contributed by atoms with Gasteiger partial charge in [0.1, 0.15) is 5.75 Å². The smallest absolute Gasteiger partial charge is 0.221 e. The van der Waals surface area contributed by atoms with Crippen molar-refractivity contribution in [1.82, 2.24) is 14.8 Å². The highest BCUT2D eigenvalue weighted by Crippen LogP contribution is 2.47. The first-order valence-corrected chi connectivity index (χ1v) is 11.9. The zero-order valence-corrected chi connectivity index (χ0v) is 19.5. The standard InChI is InChI=1S/C30H24N4O/c1-19-26-27(24-14-8-9-15-25(24)35)29(31-2)28(22-17-16-20-10-6-7-11-21(20)18-22)32-30(26)34(33-19)23-12-4-3-5-13-23/h3-5,8-9,12-18,35H,6-7,10-11H2,1H3. The van der Waals surface area contributed by atoms with Crippen molar-refractivity contribution in [2.24, 2.45) is 0 Å². The molecule has 0 bridgehead atoms. The Morgan fingerprint density at radius 1 is 0.914 bits per heavy atom. The van der Waals surface area contributed by atoms with E-state index in [4.69, 9.17) is 16.7 Å². The van der Waals surface area contributed by atoms with Crippen molar-refractivity contribution >= 4 is 16.7 Å². The molecule has 0 atom stereocenters. The summed E-state index contributed by atoms with van der Waals surface area (Å²) >= 11 is 0. The normalized spacial score (nSPS) is 12.9. The zero-order valence-electron chi connectivity index (χ0n) is 19.5. The van der Waals surface area contributed by atoms with E-state index in [0.29, 0.717) is 28.2 Å². The number of rotatable bonds is 3. The molecule has 3 aromatic carbocycles. The fraction of sp³-hybridized carbons (Fsp3) is 0.167. The summed E-state index contributed by atoms with van der Waals surface area (Å²) in [6.45, 7) is 10.1. The molecule has 0 saturated carbocycles. The van der Waals surface area contributed by atoms with Crippen LogP contribution in [0.2, 0.25) is 0 Å². The summed E-state index contributed by atoms with van der Waals surface area (Å²) in [5.41, 5.74) is 8.32. The molecule has 1 aliphatic rings. The van der Waals surface area contributed by atoms with E-state index in [0.717, 1.165) is 35.2 Å². The van der Waals surface area contributed by atoms with Crippen molar-refractivity contribution in [3.8, 4) is 33.8 Å². The molecule has 0 spiro atoms. The Bertz CT molecular complexity index is 1630. The number of para-hydroxylation sites is 2. The van der Waals surface area contributed by atoms with E-state index in [1.807, 2.05) is 54.1 Å². The molecule has 0 fully saturated rings. The van der Waals surface area contributed by atoms with Gasteiger partial charge in [0, 0.05) is 16.5 Å². The minimum Gasteiger partial charge on any atom is -0.507 e. The van der Waals surface area contributed by atoms with Crippen LogP contribution in [0.15, 0.2) is 72.8 Å². The highest BCUT2D eigenvalue weighted by molar-refractivity contribution is 6.07. The van der Waals surface area contributed by atoms with Crippen LogP contribution in [0.1, 0.15) is 29.7 Å². The zero-order chi connectivity index (χ0) is 23.9. The predicted molar refractivity (Wildman–Crippen MR) is 139 cm³/mol. The van der Waals surface area contributed by atoms with Gasteiger partial charge in [0.2, 0.25) is 5.69 Å². The first-order chi connectivity index (χ1) is 17.2. The van der Waals surface area contributed by atoms with Crippen LogP contribution in [-0.2, 0) is 12.8 Å². The number of hydrogen-bond donors (Lipinski definition) is 1. The van der Waals surface area contributed by atoms with E-state index in [1.165, 1.54) is 24.0 Å². The SMILES string of the molecule is [C-]#[N+]c1c(-c2ccc3c(c2)CCCC3)nc2c(c(C)nn2-c2ccccc2)c1-c1ccccc1O. The van der Waals surface area contributed by atoms with Gasteiger partial charge in [0.15, 0.2) is 5.65 Å². The quantitative estimate of drug-likeness (QED) is 0.292. The second kappa shape index (κ2) is 8.41. The lowest BCUT2D eigenvalue weighted by molar-refractivity contribution is 0.477. The van der Waals surface area contributed by atoms with Crippen LogP contribution in [0.3, 0.4) is 0 Å². The highest BCUT2D eigenvalue weighted by Gasteiger charge is 2.25. The number of hydrogen-bond acceptors (Lipinski definition) is 3. The van der Waals surface area contributed by atoms with Crippen molar-refractivity contribution in [2.45, 2.75) is 32.6 Å². The number of pyridine rings is 1. The van der Waals surface area contributed by atoms with Gasteiger partial charge in [0.25, 0.3) is 0 Å². The summed E-state index contributed by atoms with van der Waals surface area (Å²) in [6, 6.07) is 23.5. The van der Waals surface area contributed by atoms with Crippen molar-refractivity contribution < 1.29 is 5.11 Å². The van der Waals surface area contributed by atoms with E-state index in [1.54, 1.807) is 12.1 Å². The molecule has 5 nitrogen and oxygen atoms in total. The molecular weight excluding hydrogens is 432 g/mol. The Kier molecular flexibility index (Phi) is 5.08. The van der Waals surface area contributed by atoms with Gasteiger partial charge in [-0.1, -0.05) is 54.6 Å². The first-order valence-electron chi connectivity index (χ1n) is 11.9. The molecule has 35 heavy (non-hydrogen) atoms. The molecular formula is C30H24N4O. The first kappa shape index (κ1) is 21.1. The summed E-state index contributed by atoms with van der Waals surface area (Å²) in [5.74, 6) is 0.133. The molecule has 2 heterocycles. The van der Waals surface area contributed by atoms with Crippen LogP contribution >= 0.6 is 0 Å². The molecule has 0 saturated heterocycles. The molecule has 5 aromatic rings. The number of nitrogens with zero attached hydrogens (tertiary/aromatic N) is 4. The fourth-order valence-corrected chi connectivity index (χ4v) is 5.19. The summed E-state index contributed by atoms with van der Waals surface area (Å²) in [4.78, 5) is 9.07. The van der Waals surface area contributed by atoms with Gasteiger partial charge in [-0.2, -0.15) is 5.10 Å². The van der Waals surface area contributed by atoms with Crippen LogP contribution in [0.4, 0.5) is 5.69 Å². The summed E-state index contributed by atoms with van der Waals surface area (Å²) < 4.78 is 1.84. The molecule has 0 amide bonds. The van der Waals surface area contributed by atoms with Crippen molar-refractivity contribution in [3.63, 3.8) is 0 Å². The molecule has 1 N–H and O–H groups in total. The third kappa shape index (κ3) is 3.46. The molecule has 1 aliphatic carbocycles. The van der Waals surface area contributed by atoms with Gasteiger partial charge in [0.05, 0.1) is 23.6 Å². The van der Waals surface area contributed by atoms with Gasteiger partial charge in [-0.15, -0.1) is 0 Å². The van der Waals surface area contributed by atoms with Crippen LogP contribution in [0.5, 0.6) is 5.75 Å². The lowest BCUT2D eigenvalue weighted by Gasteiger charge is -2.18. The number of aromatic hydroxyl groups is 1. The van der Waals surface area contributed by atoms with Crippen LogP contribution in [0.25, 0.3) is 44.0 Å². The highest BCUT2D eigenvalue weighted by atomic mass is 16.3. The van der Waals surface area contributed by atoms with E-state index >= 15 is 0 Å². The summed E-state index contributed by atoms with van der Waals surface area (Å²) in [7, 11) is 0. The Morgan fingerprint density at radius 3 is 2.43 bits per heavy atom. The van der Waals surface area contributed by atoms with Gasteiger partial charge in [-0.25, -0.2) is 14.5 Å². The monoisotopic (exact) mass is 456 g/mol. The number of phenols is 1. The number of aryl methyl sites for hydroxylation is 3. The van der Waals surface area contributed by atoms with Gasteiger partial charge in [-0.3, -0.25) is 0 Å². The third-order valence-corrected chi connectivity index (χ3v) is 6.87. The van der Waals surface area contributed by atoms with E-state index in [9.17, 15) is 5.11 Å². The maximum atomic E-state index is 10.8. The van der Waals surface area contributed by atoms with Gasteiger partial charge < -0.3 is 5.11 Å². The number of phenolic OH excluding ortho intramolecular Hbond substituents is 1. The van der Waals surface area contributed by atoms with E-state index in [2.05, 4.69) is 23.0 Å². The molecule has 5 heteroatoms. The molecule has 2 aromatic heterocycles. The largest absolute Gasteiger partial charge is 0.507 e. The molecule has 0 aliphatic heterocycles. The van der Waals surface area contributed by atoms with Gasteiger partial charge in [-0.05, 0) is 67.5 Å². The number of benzene rings is 3. The van der Waals surface area contributed by atoms with Crippen LogP contribution in [0, 0.1) is 13.5 Å². The predicted octanol–water partition coefficient (Wildman–Crippen LogP) is 7.20. The summed E-state index contributed by atoms with van der Waals surface area (Å²) in [5, 5.41) is 16.4. The molecule has 170 valence electrons. The average molecular weight is 457 g/mol. The van der Waals surface area contributed by atoms with Crippen LogP contribution in [-0.4, -0.2) is 19.9 Å². The minimum absolute atomic E-state index is 0.133. The average Bonchev–Trinajstić information content (AvgIpc) is 3.24.